The fraction of sp³-hybridized carbons (Fsp3) is 0.857. The summed E-state index contributed by atoms with van der Waals surface area (Å²) in [5.41, 5.74) is 0. The zero-order valence-corrected chi connectivity index (χ0v) is 8.79. The summed E-state index contributed by atoms with van der Waals surface area (Å²) in [4.78, 5) is 13.3. The van der Waals surface area contributed by atoms with E-state index in [1.165, 1.54) is 6.08 Å². The molecule has 0 rings (SSSR count). The fourth-order valence-corrected chi connectivity index (χ4v) is 2.98. The maximum atomic E-state index is 9.80. The number of hydrogen-bond donors (Lipinski definition) is 0. The first-order valence-corrected chi connectivity index (χ1v) is 6.11. The van der Waals surface area contributed by atoms with Crippen LogP contribution in [0.4, 0.5) is 0 Å². The Labute approximate surface area is 73.8 Å². The average molecular weight is 189 g/mol. The standard InChI is InChI=1S/C7H15NO3Si/c1-4-12(10-2,11-3)6-5-8-7-9/h4-6H2,1-3H3. The third-order valence-electron chi connectivity index (χ3n) is 1.95. The van der Waals surface area contributed by atoms with E-state index in [1.54, 1.807) is 14.2 Å². The second-order valence-electron chi connectivity index (χ2n) is 2.40. The van der Waals surface area contributed by atoms with Crippen molar-refractivity contribution in [2.75, 3.05) is 20.8 Å². The molecule has 0 aromatic carbocycles. The Hall–Kier alpha value is -0.483. The highest BCUT2D eigenvalue weighted by Crippen LogP contribution is 2.16. The molecule has 0 aliphatic heterocycles. The smallest absolute Gasteiger partial charge is 0.339 e. The van der Waals surface area contributed by atoms with E-state index in [4.69, 9.17) is 8.85 Å². The summed E-state index contributed by atoms with van der Waals surface area (Å²) in [5, 5.41) is 0. The minimum Gasteiger partial charge on any atom is -0.398 e. The number of isocyanates is 1. The van der Waals surface area contributed by atoms with Crippen molar-refractivity contribution in [1.82, 2.24) is 0 Å². The Balaban J connectivity index is 4.00. The van der Waals surface area contributed by atoms with Gasteiger partial charge in [0.15, 0.2) is 0 Å². The summed E-state index contributed by atoms with van der Waals surface area (Å²) >= 11 is 0. The number of rotatable bonds is 6. The van der Waals surface area contributed by atoms with Gasteiger partial charge >= 0.3 is 8.56 Å². The molecule has 0 saturated carbocycles. The summed E-state index contributed by atoms with van der Waals surface area (Å²) in [7, 11) is 1.26. The maximum absolute atomic E-state index is 9.80. The molecule has 0 fully saturated rings. The molecule has 0 saturated heterocycles. The van der Waals surface area contributed by atoms with Crippen LogP contribution < -0.4 is 0 Å². The fourth-order valence-electron chi connectivity index (χ4n) is 1.02. The number of carbonyl (C=O) groups excluding carboxylic acids is 1. The predicted octanol–water partition coefficient (Wildman–Crippen LogP) is 1.08. The van der Waals surface area contributed by atoms with Crippen molar-refractivity contribution in [1.29, 1.82) is 0 Å². The van der Waals surface area contributed by atoms with E-state index in [0.717, 1.165) is 6.04 Å². The second-order valence-corrected chi connectivity index (χ2v) is 6.24. The van der Waals surface area contributed by atoms with E-state index in [-0.39, 0.29) is 0 Å². The van der Waals surface area contributed by atoms with Crippen LogP contribution in [0.15, 0.2) is 4.99 Å². The van der Waals surface area contributed by atoms with E-state index >= 15 is 0 Å². The molecule has 4 nitrogen and oxygen atoms in total. The Morgan fingerprint density at radius 2 is 2.00 bits per heavy atom. The largest absolute Gasteiger partial charge is 0.398 e. The third-order valence-corrected chi connectivity index (χ3v) is 5.50. The molecule has 0 aromatic rings. The van der Waals surface area contributed by atoms with Gasteiger partial charge in [0.2, 0.25) is 6.08 Å². The minimum absolute atomic E-state index is 0.450. The Morgan fingerprint density at radius 1 is 1.42 bits per heavy atom. The summed E-state index contributed by atoms with van der Waals surface area (Å²) in [6.07, 6.45) is 1.50. The molecule has 5 heteroatoms. The highest BCUT2D eigenvalue weighted by atomic mass is 28.4. The van der Waals surface area contributed by atoms with E-state index in [1.807, 2.05) is 6.92 Å². The lowest BCUT2D eigenvalue weighted by atomic mass is 10.8. The van der Waals surface area contributed by atoms with Crippen LogP contribution in [0.2, 0.25) is 12.1 Å². The summed E-state index contributed by atoms with van der Waals surface area (Å²) in [5.74, 6) is 0. The van der Waals surface area contributed by atoms with Crippen LogP contribution >= 0.6 is 0 Å². The summed E-state index contributed by atoms with van der Waals surface area (Å²) in [6.45, 7) is 2.47. The van der Waals surface area contributed by atoms with Gasteiger partial charge in [-0.2, -0.15) is 0 Å². The molecule has 0 N–H and O–H groups in total. The molecule has 0 atom stereocenters. The molecule has 12 heavy (non-hydrogen) atoms. The first kappa shape index (κ1) is 11.5. The number of nitrogens with zero attached hydrogens (tertiary/aromatic N) is 1. The molecular weight excluding hydrogens is 174 g/mol. The van der Waals surface area contributed by atoms with Crippen LogP contribution in [0, 0.1) is 0 Å². The Kier molecular flexibility index (Phi) is 5.83. The van der Waals surface area contributed by atoms with Gasteiger partial charge in [-0.3, -0.25) is 0 Å². The highest BCUT2D eigenvalue weighted by molar-refractivity contribution is 6.67. The van der Waals surface area contributed by atoms with E-state index in [0.29, 0.717) is 12.6 Å². The average Bonchev–Trinajstić information content (AvgIpc) is 2.14. The predicted molar refractivity (Wildman–Crippen MR) is 48.0 cm³/mol. The van der Waals surface area contributed by atoms with E-state index in [9.17, 15) is 4.79 Å². The van der Waals surface area contributed by atoms with Crippen molar-refractivity contribution >= 4 is 14.6 Å². The lowest BCUT2D eigenvalue weighted by Gasteiger charge is -2.24. The van der Waals surface area contributed by atoms with Gasteiger partial charge in [0.05, 0.1) is 6.54 Å². The SMILES string of the molecule is CC[Si](CCN=C=O)(OC)OC. The number of hydrogen-bond acceptors (Lipinski definition) is 4. The van der Waals surface area contributed by atoms with Crippen molar-refractivity contribution in [3.8, 4) is 0 Å². The first-order chi connectivity index (χ1) is 5.74. The van der Waals surface area contributed by atoms with E-state index in [2.05, 4.69) is 4.99 Å². The molecule has 0 bridgehead atoms. The molecular formula is C7H15NO3Si. The zero-order valence-electron chi connectivity index (χ0n) is 7.79. The van der Waals surface area contributed by atoms with E-state index < -0.39 is 8.56 Å². The normalized spacial score (nSPS) is 10.9. The molecule has 0 aliphatic rings. The molecule has 0 heterocycles. The Morgan fingerprint density at radius 3 is 2.33 bits per heavy atom. The van der Waals surface area contributed by atoms with Gasteiger partial charge < -0.3 is 8.85 Å². The van der Waals surface area contributed by atoms with Crippen LogP contribution in [0.5, 0.6) is 0 Å². The second kappa shape index (κ2) is 6.08. The lowest BCUT2D eigenvalue weighted by molar-refractivity contribution is 0.243. The van der Waals surface area contributed by atoms with Gasteiger partial charge in [0, 0.05) is 20.3 Å². The number of aliphatic imine (C=N–C) groups is 1. The molecule has 0 amide bonds. The quantitative estimate of drug-likeness (QED) is 0.357. The Bertz CT molecular complexity index is 156. The highest BCUT2D eigenvalue weighted by Gasteiger charge is 2.32. The van der Waals surface area contributed by atoms with Gasteiger partial charge in [0.1, 0.15) is 0 Å². The molecule has 70 valence electrons. The van der Waals surface area contributed by atoms with Crippen LogP contribution in [0.3, 0.4) is 0 Å². The van der Waals surface area contributed by atoms with Gasteiger partial charge in [-0.15, -0.1) is 0 Å². The van der Waals surface area contributed by atoms with Crippen LogP contribution in [-0.4, -0.2) is 35.4 Å². The van der Waals surface area contributed by atoms with Crippen molar-refractivity contribution in [2.45, 2.75) is 19.0 Å². The summed E-state index contributed by atoms with van der Waals surface area (Å²) in [6, 6.07) is 1.58. The van der Waals surface area contributed by atoms with Crippen LogP contribution in [0.1, 0.15) is 6.92 Å². The zero-order chi connectivity index (χ0) is 9.45. The van der Waals surface area contributed by atoms with Crippen LogP contribution in [0.25, 0.3) is 0 Å². The van der Waals surface area contributed by atoms with Gasteiger partial charge in [-0.05, 0) is 6.04 Å². The van der Waals surface area contributed by atoms with Gasteiger partial charge in [-0.25, -0.2) is 9.79 Å². The third kappa shape index (κ3) is 3.28. The lowest BCUT2D eigenvalue weighted by Crippen LogP contribution is -2.39. The molecule has 0 spiro atoms. The van der Waals surface area contributed by atoms with Crippen molar-refractivity contribution < 1.29 is 13.6 Å². The van der Waals surface area contributed by atoms with Gasteiger partial charge in [0.25, 0.3) is 0 Å². The van der Waals surface area contributed by atoms with Crippen LogP contribution in [-0.2, 0) is 13.6 Å². The monoisotopic (exact) mass is 189 g/mol. The first-order valence-electron chi connectivity index (χ1n) is 3.88. The molecule has 0 aliphatic carbocycles. The molecule has 0 aromatic heterocycles. The maximum Gasteiger partial charge on any atom is 0.339 e. The van der Waals surface area contributed by atoms with Crippen molar-refractivity contribution in [3.05, 3.63) is 0 Å². The minimum atomic E-state index is -2.03. The van der Waals surface area contributed by atoms with Gasteiger partial charge in [-0.1, -0.05) is 6.92 Å². The molecule has 0 radical (unpaired) electrons. The topological polar surface area (TPSA) is 47.9 Å². The van der Waals surface area contributed by atoms with Crippen molar-refractivity contribution in [2.24, 2.45) is 4.99 Å². The van der Waals surface area contributed by atoms with Crippen molar-refractivity contribution in [3.63, 3.8) is 0 Å². The molecule has 0 unspecified atom stereocenters. The summed E-state index contributed by atoms with van der Waals surface area (Å²) < 4.78 is 10.6.